The number of hydrogen-bond donors (Lipinski definition) is 0. The topological polar surface area (TPSA) is 25.8 Å². The van der Waals surface area contributed by atoms with E-state index in [1.165, 1.54) is 0 Å². The summed E-state index contributed by atoms with van der Waals surface area (Å²) in [7, 11) is 0. The Morgan fingerprint density at radius 2 is 1.93 bits per heavy atom. The molecule has 1 aromatic rings. The Morgan fingerprint density at radius 3 is 2.43 bits per heavy atom. The number of rotatable bonds is 1. The smallest absolute Gasteiger partial charge is 0.166 e. The summed E-state index contributed by atoms with van der Waals surface area (Å²) >= 11 is 2.74. The van der Waals surface area contributed by atoms with E-state index in [1.807, 2.05) is 0 Å². The number of nitrogens with zero attached hydrogens (tertiary/aromatic N) is 2. The first-order valence-electron chi connectivity index (χ1n) is 4.09. The van der Waals surface area contributed by atoms with Crippen LogP contribution in [0, 0.1) is 0 Å². The van der Waals surface area contributed by atoms with Crippen molar-refractivity contribution >= 4 is 15.9 Å². The molecule has 1 heterocycles. The lowest BCUT2D eigenvalue weighted by Gasteiger charge is -2.08. The third kappa shape index (κ3) is 1.89. The van der Waals surface area contributed by atoms with Crippen LogP contribution in [0.25, 0.3) is 0 Å². The fourth-order valence-corrected chi connectivity index (χ4v) is 1.59. The SMILES string of the molecule is FC(F)(F)c1cc(C2CC2)nnc1Br. The van der Waals surface area contributed by atoms with Crippen LogP contribution in [0.4, 0.5) is 13.2 Å². The first-order chi connectivity index (χ1) is 6.48. The summed E-state index contributed by atoms with van der Waals surface area (Å²) < 4.78 is 37.0. The minimum Gasteiger partial charge on any atom is -0.166 e. The van der Waals surface area contributed by atoms with Gasteiger partial charge in [-0.1, -0.05) is 0 Å². The lowest BCUT2D eigenvalue weighted by molar-refractivity contribution is -0.138. The molecule has 6 heteroatoms. The van der Waals surface area contributed by atoms with E-state index in [1.54, 1.807) is 0 Å². The number of aromatic nitrogens is 2. The van der Waals surface area contributed by atoms with Crippen LogP contribution >= 0.6 is 15.9 Å². The van der Waals surface area contributed by atoms with Crippen molar-refractivity contribution in [3.8, 4) is 0 Å². The summed E-state index contributed by atoms with van der Waals surface area (Å²) in [6.07, 6.45) is -2.54. The van der Waals surface area contributed by atoms with Gasteiger partial charge in [0, 0.05) is 5.92 Å². The Kier molecular flexibility index (Phi) is 2.25. The van der Waals surface area contributed by atoms with Crippen molar-refractivity contribution in [2.45, 2.75) is 24.9 Å². The van der Waals surface area contributed by atoms with Gasteiger partial charge in [0.15, 0.2) is 0 Å². The van der Waals surface area contributed by atoms with Gasteiger partial charge in [0.05, 0.1) is 11.3 Å². The van der Waals surface area contributed by atoms with E-state index < -0.39 is 11.7 Å². The molecule has 1 saturated carbocycles. The first kappa shape index (κ1) is 9.89. The van der Waals surface area contributed by atoms with Crippen molar-refractivity contribution in [3.05, 3.63) is 21.9 Å². The maximum absolute atomic E-state index is 12.4. The standard InChI is InChI=1S/C8H6BrF3N2/c9-7-5(8(10,11)12)3-6(13-14-7)4-1-2-4/h3-4H,1-2H2. The van der Waals surface area contributed by atoms with Crippen LogP contribution < -0.4 is 0 Å². The molecule has 2 rings (SSSR count). The van der Waals surface area contributed by atoms with Crippen LogP contribution in [0.2, 0.25) is 0 Å². The molecule has 1 fully saturated rings. The average Bonchev–Trinajstić information content (AvgIpc) is 2.85. The highest BCUT2D eigenvalue weighted by Gasteiger charge is 2.36. The lowest BCUT2D eigenvalue weighted by atomic mass is 10.2. The Hall–Kier alpha value is -0.650. The van der Waals surface area contributed by atoms with Gasteiger partial charge in [-0.15, -0.1) is 5.10 Å². The van der Waals surface area contributed by atoms with Gasteiger partial charge in [-0.25, -0.2) is 0 Å². The Labute approximate surface area is 86.7 Å². The van der Waals surface area contributed by atoms with E-state index in [0.717, 1.165) is 18.9 Å². The molecule has 1 aromatic heterocycles. The summed E-state index contributed by atoms with van der Waals surface area (Å²) in [5.74, 6) is 0.177. The summed E-state index contributed by atoms with van der Waals surface area (Å²) in [4.78, 5) is 0. The van der Waals surface area contributed by atoms with Crippen molar-refractivity contribution in [2.75, 3.05) is 0 Å². The first-order valence-corrected chi connectivity index (χ1v) is 4.88. The van der Waals surface area contributed by atoms with Crippen LogP contribution in [0.15, 0.2) is 10.7 Å². The van der Waals surface area contributed by atoms with E-state index in [0.29, 0.717) is 5.69 Å². The molecule has 1 aliphatic carbocycles. The molecule has 0 N–H and O–H groups in total. The molecule has 76 valence electrons. The van der Waals surface area contributed by atoms with Crippen molar-refractivity contribution in [2.24, 2.45) is 0 Å². The molecule has 0 saturated heterocycles. The van der Waals surface area contributed by atoms with Crippen LogP contribution in [0.3, 0.4) is 0 Å². The Morgan fingerprint density at radius 1 is 1.29 bits per heavy atom. The number of halogens is 4. The molecule has 0 atom stereocenters. The second-order valence-corrected chi connectivity index (χ2v) is 4.00. The van der Waals surface area contributed by atoms with E-state index in [4.69, 9.17) is 0 Å². The molecule has 0 aromatic carbocycles. The van der Waals surface area contributed by atoms with E-state index in [9.17, 15) is 13.2 Å². The largest absolute Gasteiger partial charge is 0.419 e. The maximum atomic E-state index is 12.4. The highest BCUT2D eigenvalue weighted by Crippen LogP contribution is 2.41. The van der Waals surface area contributed by atoms with Crippen molar-refractivity contribution < 1.29 is 13.2 Å². The third-order valence-electron chi connectivity index (χ3n) is 2.07. The normalized spacial score (nSPS) is 17.1. The van der Waals surface area contributed by atoms with E-state index >= 15 is 0 Å². The van der Waals surface area contributed by atoms with Crippen LogP contribution in [0.1, 0.15) is 30.0 Å². The van der Waals surface area contributed by atoms with Gasteiger partial charge in [-0.2, -0.15) is 18.3 Å². The quantitative estimate of drug-likeness (QED) is 0.781. The molecule has 2 nitrogen and oxygen atoms in total. The Bertz CT molecular complexity index is 360. The highest BCUT2D eigenvalue weighted by atomic mass is 79.9. The highest BCUT2D eigenvalue weighted by molar-refractivity contribution is 9.10. The second-order valence-electron chi connectivity index (χ2n) is 3.25. The molecule has 1 aliphatic rings. The van der Waals surface area contributed by atoms with Gasteiger partial charge in [0.25, 0.3) is 0 Å². The zero-order chi connectivity index (χ0) is 10.3. The molecule has 0 unspecified atom stereocenters. The minimum absolute atomic E-state index is 0.177. The zero-order valence-electron chi connectivity index (χ0n) is 6.98. The van der Waals surface area contributed by atoms with E-state index in [-0.39, 0.29) is 10.5 Å². The summed E-state index contributed by atoms with van der Waals surface area (Å²) in [6.45, 7) is 0. The maximum Gasteiger partial charge on any atom is 0.419 e. The molecular formula is C8H6BrF3N2. The van der Waals surface area contributed by atoms with Gasteiger partial charge in [-0.05, 0) is 34.8 Å². The van der Waals surface area contributed by atoms with Crippen LogP contribution in [-0.2, 0) is 6.18 Å². The molecule has 0 bridgehead atoms. The number of alkyl halides is 3. The van der Waals surface area contributed by atoms with Crippen molar-refractivity contribution in [1.29, 1.82) is 0 Å². The fourth-order valence-electron chi connectivity index (χ4n) is 1.17. The van der Waals surface area contributed by atoms with Crippen LogP contribution in [0.5, 0.6) is 0 Å². The predicted octanol–water partition coefficient (Wildman–Crippen LogP) is 3.14. The average molecular weight is 267 g/mol. The number of hydrogen-bond acceptors (Lipinski definition) is 2. The predicted molar refractivity (Wildman–Crippen MR) is 46.7 cm³/mol. The molecule has 14 heavy (non-hydrogen) atoms. The van der Waals surface area contributed by atoms with E-state index in [2.05, 4.69) is 26.1 Å². The van der Waals surface area contributed by atoms with Gasteiger partial charge < -0.3 is 0 Å². The van der Waals surface area contributed by atoms with Crippen molar-refractivity contribution in [3.63, 3.8) is 0 Å². The summed E-state index contributed by atoms with van der Waals surface area (Å²) in [5, 5.41) is 7.17. The Balaban J connectivity index is 2.41. The van der Waals surface area contributed by atoms with Crippen molar-refractivity contribution in [1.82, 2.24) is 10.2 Å². The molecule has 0 spiro atoms. The second kappa shape index (κ2) is 3.18. The summed E-state index contributed by atoms with van der Waals surface area (Å²) in [6, 6.07) is 1.08. The molecular weight excluding hydrogens is 261 g/mol. The van der Waals surface area contributed by atoms with Gasteiger partial charge in [0.1, 0.15) is 4.60 Å². The lowest BCUT2D eigenvalue weighted by Crippen LogP contribution is -2.09. The molecule has 0 radical (unpaired) electrons. The van der Waals surface area contributed by atoms with Gasteiger partial charge in [-0.3, -0.25) is 0 Å². The zero-order valence-corrected chi connectivity index (χ0v) is 8.56. The van der Waals surface area contributed by atoms with Gasteiger partial charge >= 0.3 is 6.18 Å². The third-order valence-corrected chi connectivity index (χ3v) is 2.65. The fraction of sp³-hybridized carbons (Fsp3) is 0.500. The monoisotopic (exact) mass is 266 g/mol. The molecule has 0 aliphatic heterocycles. The molecule has 0 amide bonds. The summed E-state index contributed by atoms with van der Waals surface area (Å²) in [5.41, 5.74) is -0.296. The minimum atomic E-state index is -4.36. The van der Waals surface area contributed by atoms with Gasteiger partial charge in [0.2, 0.25) is 0 Å². The van der Waals surface area contributed by atoms with Crippen LogP contribution in [-0.4, -0.2) is 10.2 Å².